The number of nitrogens with one attached hydrogen (secondary N) is 2. The first-order valence-corrected chi connectivity index (χ1v) is 13.2. The maximum absolute atomic E-state index is 14.2. The van der Waals surface area contributed by atoms with Gasteiger partial charge in [0.25, 0.3) is 0 Å². The number of aromatic hydroxyl groups is 1. The molecule has 0 heterocycles. The molecule has 2 rings (SSSR count). The Morgan fingerprint density at radius 2 is 1.75 bits per heavy atom. The molecule has 9 heteroatoms. The van der Waals surface area contributed by atoms with Crippen LogP contribution in [0.4, 0.5) is 4.79 Å². The zero-order valence-corrected chi connectivity index (χ0v) is 23.7. The van der Waals surface area contributed by atoms with E-state index in [4.69, 9.17) is 11.2 Å². The number of phenolic OH excluding ortho intramolecular Hbond substituents is 1. The molecule has 0 radical (unpaired) electrons. The summed E-state index contributed by atoms with van der Waals surface area (Å²) in [6, 6.07) is 12.3. The van der Waals surface area contributed by atoms with Crippen molar-refractivity contribution in [2.75, 3.05) is 6.54 Å². The molecule has 3 unspecified atom stereocenters. The van der Waals surface area contributed by atoms with Crippen molar-refractivity contribution in [2.45, 2.75) is 77.6 Å². The number of ether oxygens (including phenoxy) is 1. The lowest BCUT2D eigenvalue weighted by Gasteiger charge is -2.34. The molecule has 2 aromatic carbocycles. The Hall–Kier alpha value is -4.50. The number of hydrogen-bond donors (Lipinski definition) is 3. The molecular formula is C31H38N4O5. The van der Waals surface area contributed by atoms with Crippen molar-refractivity contribution in [1.29, 1.82) is 5.26 Å². The second-order valence-electron chi connectivity index (χ2n) is 10.5. The quantitative estimate of drug-likeness (QED) is 0.286. The topological polar surface area (TPSA) is 132 Å². The largest absolute Gasteiger partial charge is 0.508 e. The van der Waals surface area contributed by atoms with E-state index >= 15 is 0 Å². The van der Waals surface area contributed by atoms with Crippen LogP contribution < -0.4 is 10.6 Å². The van der Waals surface area contributed by atoms with Gasteiger partial charge in [0.15, 0.2) is 0 Å². The zero-order chi connectivity index (χ0) is 29.9. The zero-order valence-electron chi connectivity index (χ0n) is 23.7. The van der Waals surface area contributed by atoms with Crippen LogP contribution in [-0.4, -0.2) is 52.1 Å². The van der Waals surface area contributed by atoms with Crippen LogP contribution >= 0.6 is 0 Å². The standard InChI is InChI=1S/C31H38N4O5/c1-7-11-21(3)33-28(37)27(25-13-10-9-12-23(25)8-2)35(19-18-32)29(38)26(34-30(39)40-31(4,5)6)20-22-14-16-24(36)17-15-22/h2,9-10,12-17,21,26-27,36H,7,11,19-20H2,1,3-6H3,(H,33,37)(H,34,39). The van der Waals surface area contributed by atoms with Crippen LogP contribution in [-0.2, 0) is 20.7 Å². The summed E-state index contributed by atoms with van der Waals surface area (Å²) >= 11 is 0. The highest BCUT2D eigenvalue weighted by molar-refractivity contribution is 5.93. The van der Waals surface area contributed by atoms with Crippen molar-refractivity contribution in [1.82, 2.24) is 15.5 Å². The minimum Gasteiger partial charge on any atom is -0.508 e. The van der Waals surface area contributed by atoms with Crippen LogP contribution in [0, 0.1) is 23.7 Å². The van der Waals surface area contributed by atoms with Crippen molar-refractivity contribution >= 4 is 17.9 Å². The molecular weight excluding hydrogens is 508 g/mol. The normalized spacial score (nSPS) is 13.1. The van der Waals surface area contributed by atoms with Gasteiger partial charge in [-0.05, 0) is 63.4 Å². The third kappa shape index (κ3) is 9.36. The maximum atomic E-state index is 14.2. The number of carbonyl (C=O) groups excluding carboxylic acids is 3. The molecule has 2 aromatic rings. The number of alkyl carbamates (subject to hydrolysis) is 1. The minimum absolute atomic E-state index is 0.0116. The number of nitrogens with zero attached hydrogens (tertiary/aromatic N) is 2. The highest BCUT2D eigenvalue weighted by atomic mass is 16.6. The molecule has 0 aliphatic rings. The molecule has 9 nitrogen and oxygen atoms in total. The first-order valence-electron chi connectivity index (χ1n) is 13.2. The third-order valence-electron chi connectivity index (χ3n) is 5.97. The van der Waals surface area contributed by atoms with E-state index in [2.05, 4.69) is 16.6 Å². The van der Waals surface area contributed by atoms with Crippen LogP contribution in [0.2, 0.25) is 0 Å². The Morgan fingerprint density at radius 3 is 2.33 bits per heavy atom. The second-order valence-corrected chi connectivity index (χ2v) is 10.5. The van der Waals surface area contributed by atoms with Crippen molar-refractivity contribution in [3.63, 3.8) is 0 Å². The van der Waals surface area contributed by atoms with E-state index in [1.807, 2.05) is 19.9 Å². The van der Waals surface area contributed by atoms with Gasteiger partial charge in [-0.3, -0.25) is 9.59 Å². The molecule has 0 saturated carbocycles. The average Bonchev–Trinajstić information content (AvgIpc) is 2.88. The lowest BCUT2D eigenvalue weighted by Crippen LogP contribution is -2.54. The number of benzene rings is 2. The summed E-state index contributed by atoms with van der Waals surface area (Å²) in [5.74, 6) is 1.44. The van der Waals surface area contributed by atoms with Gasteiger partial charge >= 0.3 is 6.09 Å². The molecule has 212 valence electrons. The molecule has 0 aliphatic carbocycles. The lowest BCUT2D eigenvalue weighted by molar-refractivity contribution is -0.142. The highest BCUT2D eigenvalue weighted by Gasteiger charge is 2.37. The van der Waals surface area contributed by atoms with Crippen LogP contribution in [0.25, 0.3) is 0 Å². The Bertz CT molecular complexity index is 1250. The molecule has 0 aliphatic heterocycles. The Kier molecular flexibility index (Phi) is 11.6. The van der Waals surface area contributed by atoms with E-state index in [-0.39, 0.29) is 18.2 Å². The molecule has 0 aromatic heterocycles. The SMILES string of the molecule is C#Cc1ccccc1C(C(=O)NC(C)CCC)N(CC#N)C(=O)C(Cc1ccc(O)cc1)NC(=O)OC(C)(C)C. The number of nitriles is 1. The predicted octanol–water partition coefficient (Wildman–Crippen LogP) is 4.21. The van der Waals surface area contributed by atoms with Crippen LogP contribution in [0.3, 0.4) is 0 Å². The van der Waals surface area contributed by atoms with Crippen LogP contribution in [0.1, 0.15) is 70.2 Å². The Balaban J connectivity index is 2.59. The first-order chi connectivity index (χ1) is 18.9. The molecule has 0 fully saturated rings. The minimum atomic E-state index is -1.23. The van der Waals surface area contributed by atoms with Gasteiger partial charge in [-0.25, -0.2) is 4.79 Å². The summed E-state index contributed by atoms with van der Waals surface area (Å²) < 4.78 is 5.39. The summed E-state index contributed by atoms with van der Waals surface area (Å²) in [7, 11) is 0. The number of hydrogen-bond acceptors (Lipinski definition) is 6. The second kappa shape index (κ2) is 14.6. The molecule has 3 atom stereocenters. The van der Waals surface area contributed by atoms with Crippen molar-refractivity contribution in [3.05, 3.63) is 65.2 Å². The summed E-state index contributed by atoms with van der Waals surface area (Å²) in [6.07, 6.45) is 6.47. The summed E-state index contributed by atoms with van der Waals surface area (Å²) in [6.45, 7) is 8.50. The number of terminal acetylenes is 1. The maximum Gasteiger partial charge on any atom is 0.408 e. The molecule has 0 bridgehead atoms. The molecule has 40 heavy (non-hydrogen) atoms. The van der Waals surface area contributed by atoms with E-state index in [0.29, 0.717) is 23.1 Å². The predicted molar refractivity (Wildman–Crippen MR) is 152 cm³/mol. The summed E-state index contributed by atoms with van der Waals surface area (Å²) in [5, 5.41) is 25.0. The molecule has 3 amide bonds. The third-order valence-corrected chi connectivity index (χ3v) is 5.97. The van der Waals surface area contributed by atoms with E-state index in [1.165, 1.54) is 12.1 Å². The van der Waals surface area contributed by atoms with E-state index in [0.717, 1.165) is 11.3 Å². The van der Waals surface area contributed by atoms with Gasteiger partial charge in [-0.2, -0.15) is 5.26 Å². The van der Waals surface area contributed by atoms with Crippen molar-refractivity contribution < 1.29 is 24.2 Å². The van der Waals surface area contributed by atoms with Crippen LogP contribution in [0.5, 0.6) is 5.75 Å². The van der Waals surface area contributed by atoms with Crippen molar-refractivity contribution in [3.8, 4) is 24.2 Å². The lowest BCUT2D eigenvalue weighted by atomic mass is 9.96. The van der Waals surface area contributed by atoms with Gasteiger partial charge < -0.3 is 25.4 Å². The molecule has 3 N–H and O–H groups in total. The highest BCUT2D eigenvalue weighted by Crippen LogP contribution is 2.26. The number of rotatable bonds is 11. The Morgan fingerprint density at radius 1 is 1.10 bits per heavy atom. The van der Waals surface area contributed by atoms with Gasteiger partial charge in [-0.15, -0.1) is 6.42 Å². The smallest absolute Gasteiger partial charge is 0.408 e. The number of carbonyl (C=O) groups is 3. The van der Waals surface area contributed by atoms with E-state index in [9.17, 15) is 24.8 Å². The summed E-state index contributed by atoms with van der Waals surface area (Å²) in [5.41, 5.74) is 0.587. The van der Waals surface area contributed by atoms with Crippen molar-refractivity contribution in [2.24, 2.45) is 0 Å². The summed E-state index contributed by atoms with van der Waals surface area (Å²) in [4.78, 5) is 41.8. The van der Waals surface area contributed by atoms with Gasteiger partial charge in [0.1, 0.15) is 30.0 Å². The van der Waals surface area contributed by atoms with E-state index in [1.54, 1.807) is 57.2 Å². The van der Waals surface area contributed by atoms with Gasteiger partial charge in [0, 0.05) is 18.0 Å². The fourth-order valence-electron chi connectivity index (χ4n) is 4.23. The molecule has 0 saturated heterocycles. The fraction of sp³-hybridized carbons (Fsp3) is 0.419. The first kappa shape index (κ1) is 31.7. The van der Waals surface area contributed by atoms with Crippen LogP contribution in [0.15, 0.2) is 48.5 Å². The average molecular weight is 547 g/mol. The monoisotopic (exact) mass is 546 g/mol. The van der Waals surface area contributed by atoms with Gasteiger partial charge in [0.05, 0.1) is 6.07 Å². The number of amides is 3. The van der Waals surface area contributed by atoms with E-state index < -0.39 is 42.1 Å². The number of phenols is 1. The van der Waals surface area contributed by atoms with Gasteiger partial charge in [0.2, 0.25) is 11.8 Å². The Labute approximate surface area is 236 Å². The fourth-order valence-corrected chi connectivity index (χ4v) is 4.23. The molecule has 0 spiro atoms. The van der Waals surface area contributed by atoms with Gasteiger partial charge in [-0.1, -0.05) is 49.6 Å².